The van der Waals surface area contributed by atoms with Crippen LogP contribution >= 0.6 is 11.3 Å². The zero-order valence-electron chi connectivity index (χ0n) is 9.51. The van der Waals surface area contributed by atoms with Crippen LogP contribution in [0.2, 0.25) is 0 Å². The highest BCUT2D eigenvalue weighted by Crippen LogP contribution is 2.21. The SMILES string of the molecule is Cc1nc(CNc2ccc([N+](=O)[O-])c(F)c2)cs1. The molecule has 0 atom stereocenters. The molecule has 0 aliphatic carbocycles. The zero-order valence-corrected chi connectivity index (χ0v) is 10.3. The van der Waals surface area contributed by atoms with Crippen LogP contribution in [0, 0.1) is 22.9 Å². The Kier molecular flexibility index (Phi) is 3.52. The third kappa shape index (κ3) is 2.80. The van der Waals surface area contributed by atoms with Gasteiger partial charge in [0.05, 0.1) is 22.2 Å². The first-order chi connectivity index (χ1) is 8.56. The normalized spacial score (nSPS) is 10.3. The zero-order chi connectivity index (χ0) is 13.1. The highest BCUT2D eigenvalue weighted by molar-refractivity contribution is 7.09. The average Bonchev–Trinajstić information content (AvgIpc) is 2.72. The van der Waals surface area contributed by atoms with E-state index >= 15 is 0 Å². The number of hydrogen-bond donors (Lipinski definition) is 1. The maximum Gasteiger partial charge on any atom is 0.304 e. The molecule has 7 heteroatoms. The second kappa shape index (κ2) is 5.09. The lowest BCUT2D eigenvalue weighted by Gasteiger charge is -2.04. The van der Waals surface area contributed by atoms with Gasteiger partial charge >= 0.3 is 5.69 Å². The molecule has 0 fully saturated rings. The summed E-state index contributed by atoms with van der Waals surface area (Å²) in [7, 11) is 0. The van der Waals surface area contributed by atoms with E-state index in [1.165, 1.54) is 17.4 Å². The Balaban J connectivity index is 2.06. The van der Waals surface area contributed by atoms with Crippen LogP contribution in [0.25, 0.3) is 0 Å². The number of halogens is 1. The number of aromatic nitrogens is 1. The minimum Gasteiger partial charge on any atom is -0.379 e. The van der Waals surface area contributed by atoms with E-state index in [1.54, 1.807) is 0 Å². The van der Waals surface area contributed by atoms with Crippen LogP contribution in [-0.2, 0) is 6.54 Å². The summed E-state index contributed by atoms with van der Waals surface area (Å²) in [5.74, 6) is -0.848. The topological polar surface area (TPSA) is 68.1 Å². The molecule has 0 saturated carbocycles. The molecule has 0 amide bonds. The molecule has 1 aromatic heterocycles. The number of thiazole rings is 1. The maximum atomic E-state index is 13.3. The summed E-state index contributed by atoms with van der Waals surface area (Å²) in [5.41, 5.74) is 0.824. The fourth-order valence-electron chi connectivity index (χ4n) is 1.45. The quantitative estimate of drug-likeness (QED) is 0.682. The van der Waals surface area contributed by atoms with Crippen LogP contribution < -0.4 is 5.32 Å². The van der Waals surface area contributed by atoms with E-state index in [0.29, 0.717) is 12.2 Å². The van der Waals surface area contributed by atoms with Crippen molar-refractivity contribution < 1.29 is 9.31 Å². The number of nitrogens with one attached hydrogen (secondary N) is 1. The summed E-state index contributed by atoms with van der Waals surface area (Å²) in [4.78, 5) is 14.0. The lowest BCUT2D eigenvalue weighted by atomic mass is 10.2. The molecule has 1 heterocycles. The molecule has 0 spiro atoms. The fourth-order valence-corrected chi connectivity index (χ4v) is 2.06. The van der Waals surface area contributed by atoms with Crippen molar-refractivity contribution in [2.75, 3.05) is 5.32 Å². The van der Waals surface area contributed by atoms with Crippen LogP contribution in [0.15, 0.2) is 23.6 Å². The van der Waals surface area contributed by atoms with Crippen molar-refractivity contribution in [3.63, 3.8) is 0 Å². The highest BCUT2D eigenvalue weighted by Gasteiger charge is 2.13. The van der Waals surface area contributed by atoms with Crippen LogP contribution in [0.5, 0.6) is 0 Å². The van der Waals surface area contributed by atoms with E-state index in [2.05, 4.69) is 10.3 Å². The molecular formula is C11H10FN3O2S. The first-order valence-electron chi connectivity index (χ1n) is 5.15. The van der Waals surface area contributed by atoms with Crippen LogP contribution in [0.4, 0.5) is 15.8 Å². The Morgan fingerprint density at radius 3 is 2.89 bits per heavy atom. The third-order valence-electron chi connectivity index (χ3n) is 2.28. The molecule has 1 aromatic carbocycles. The number of anilines is 1. The minimum atomic E-state index is -0.848. The molecule has 18 heavy (non-hydrogen) atoms. The molecule has 0 saturated heterocycles. The maximum absolute atomic E-state index is 13.3. The summed E-state index contributed by atoms with van der Waals surface area (Å²) in [6.07, 6.45) is 0. The van der Waals surface area contributed by atoms with E-state index in [1.807, 2.05) is 12.3 Å². The van der Waals surface area contributed by atoms with Gasteiger partial charge in [0.2, 0.25) is 5.82 Å². The third-order valence-corrected chi connectivity index (χ3v) is 3.11. The predicted molar refractivity (Wildman–Crippen MR) is 67.2 cm³/mol. The van der Waals surface area contributed by atoms with Crippen molar-refractivity contribution in [2.45, 2.75) is 13.5 Å². The summed E-state index contributed by atoms with van der Waals surface area (Å²) in [6.45, 7) is 2.36. The van der Waals surface area contributed by atoms with Gasteiger partial charge < -0.3 is 5.32 Å². The first-order valence-corrected chi connectivity index (χ1v) is 6.03. The Morgan fingerprint density at radius 2 is 2.33 bits per heavy atom. The van der Waals surface area contributed by atoms with Gasteiger partial charge in [-0.1, -0.05) is 0 Å². The first kappa shape index (κ1) is 12.4. The van der Waals surface area contributed by atoms with Crippen molar-refractivity contribution in [3.8, 4) is 0 Å². The molecule has 94 valence electrons. The molecule has 0 unspecified atom stereocenters. The summed E-state index contributed by atoms with van der Waals surface area (Å²) in [5, 5.41) is 16.3. The molecule has 5 nitrogen and oxygen atoms in total. The van der Waals surface area contributed by atoms with Crippen LogP contribution in [-0.4, -0.2) is 9.91 Å². The standard InChI is InChI=1S/C11H10FN3O2S/c1-7-14-9(6-18-7)5-13-8-2-3-11(15(16)17)10(12)4-8/h2-4,6,13H,5H2,1H3. The summed E-state index contributed by atoms with van der Waals surface area (Å²) in [6, 6.07) is 3.72. The number of rotatable bonds is 4. The minimum absolute atomic E-state index is 0.460. The van der Waals surface area contributed by atoms with Gasteiger partial charge in [-0.2, -0.15) is 4.39 Å². The van der Waals surface area contributed by atoms with Gasteiger partial charge in [0.1, 0.15) is 0 Å². The lowest BCUT2D eigenvalue weighted by molar-refractivity contribution is -0.387. The van der Waals surface area contributed by atoms with E-state index in [9.17, 15) is 14.5 Å². The summed E-state index contributed by atoms with van der Waals surface area (Å²) >= 11 is 1.53. The fraction of sp³-hybridized carbons (Fsp3) is 0.182. The molecule has 0 aliphatic rings. The van der Waals surface area contributed by atoms with Crippen molar-refractivity contribution >= 4 is 22.7 Å². The molecule has 0 aliphatic heterocycles. The van der Waals surface area contributed by atoms with Gasteiger partial charge in [-0.25, -0.2) is 4.98 Å². The Labute approximate surface area is 106 Å². The van der Waals surface area contributed by atoms with Gasteiger partial charge in [-0.05, 0) is 13.0 Å². The van der Waals surface area contributed by atoms with E-state index < -0.39 is 16.4 Å². The highest BCUT2D eigenvalue weighted by atomic mass is 32.1. The number of nitro benzene ring substituents is 1. The van der Waals surface area contributed by atoms with Crippen molar-refractivity contribution in [3.05, 3.63) is 50.2 Å². The van der Waals surface area contributed by atoms with E-state index in [-0.39, 0.29) is 0 Å². The molecule has 2 rings (SSSR count). The Morgan fingerprint density at radius 1 is 1.56 bits per heavy atom. The van der Waals surface area contributed by atoms with Gasteiger partial charge in [0.25, 0.3) is 0 Å². The number of benzene rings is 1. The predicted octanol–water partition coefficient (Wildman–Crippen LogP) is 3.11. The molecule has 2 aromatic rings. The smallest absolute Gasteiger partial charge is 0.304 e. The monoisotopic (exact) mass is 267 g/mol. The number of hydrogen-bond acceptors (Lipinski definition) is 5. The molecule has 0 radical (unpaired) electrons. The number of nitrogens with zero attached hydrogens (tertiary/aromatic N) is 2. The van der Waals surface area contributed by atoms with Crippen LogP contribution in [0.3, 0.4) is 0 Å². The van der Waals surface area contributed by atoms with E-state index in [0.717, 1.165) is 22.8 Å². The van der Waals surface area contributed by atoms with Gasteiger partial charge in [0, 0.05) is 23.2 Å². The van der Waals surface area contributed by atoms with Gasteiger partial charge in [-0.15, -0.1) is 11.3 Å². The van der Waals surface area contributed by atoms with Crippen molar-refractivity contribution in [1.29, 1.82) is 0 Å². The second-order valence-corrected chi connectivity index (χ2v) is 4.70. The Bertz CT molecular complexity index is 585. The lowest BCUT2D eigenvalue weighted by Crippen LogP contribution is -2.01. The second-order valence-electron chi connectivity index (χ2n) is 3.63. The number of aryl methyl sites for hydroxylation is 1. The van der Waals surface area contributed by atoms with Crippen molar-refractivity contribution in [1.82, 2.24) is 4.98 Å². The molecular weight excluding hydrogens is 257 g/mol. The Hall–Kier alpha value is -2.02. The van der Waals surface area contributed by atoms with Crippen LogP contribution in [0.1, 0.15) is 10.7 Å². The van der Waals surface area contributed by atoms with Gasteiger partial charge in [0.15, 0.2) is 0 Å². The van der Waals surface area contributed by atoms with E-state index in [4.69, 9.17) is 0 Å². The largest absolute Gasteiger partial charge is 0.379 e. The molecule has 1 N–H and O–H groups in total. The molecule has 0 bridgehead atoms. The summed E-state index contributed by atoms with van der Waals surface area (Å²) < 4.78 is 13.3. The average molecular weight is 267 g/mol. The number of nitro groups is 1. The van der Waals surface area contributed by atoms with Gasteiger partial charge in [-0.3, -0.25) is 10.1 Å². The van der Waals surface area contributed by atoms with Crippen molar-refractivity contribution in [2.24, 2.45) is 0 Å².